The fraction of sp³-hybridized carbons (Fsp3) is 0.189. The number of benzene rings is 4. The smallest absolute Gasteiger partial charge is 0.435 e. The van der Waals surface area contributed by atoms with Gasteiger partial charge in [-0.15, -0.1) is 5.01 Å². The van der Waals surface area contributed by atoms with Gasteiger partial charge in [0.05, 0.1) is 39.4 Å². The van der Waals surface area contributed by atoms with Crippen molar-refractivity contribution in [3.63, 3.8) is 0 Å². The Balaban J connectivity index is 1.22. The van der Waals surface area contributed by atoms with Crippen LogP contribution >= 0.6 is 0 Å². The molecule has 6 rings (SSSR count). The number of halogens is 3. The number of carbonyl (C=O) groups is 3. The molecular weight excluding hydrogens is 744 g/mol. The molecule has 0 aliphatic carbocycles. The first-order valence-corrected chi connectivity index (χ1v) is 18.0. The van der Waals surface area contributed by atoms with E-state index in [1.165, 1.54) is 31.2 Å². The van der Waals surface area contributed by atoms with Crippen LogP contribution in [0.1, 0.15) is 44.5 Å². The maximum Gasteiger partial charge on any atom is 0.435 e. The zero-order valence-electron chi connectivity index (χ0n) is 29.3. The molecule has 2 atom stereocenters. The van der Waals surface area contributed by atoms with Gasteiger partial charge >= 0.3 is 6.18 Å². The highest BCUT2D eigenvalue weighted by atomic mass is 32.2. The lowest BCUT2D eigenvalue weighted by molar-refractivity contribution is -0.711. The Morgan fingerprint density at radius 3 is 2.11 bits per heavy atom. The average molecular weight is 776 g/mol. The van der Waals surface area contributed by atoms with Crippen LogP contribution in [-0.4, -0.2) is 70.1 Å². The van der Waals surface area contributed by atoms with E-state index < -0.39 is 56.8 Å². The van der Waals surface area contributed by atoms with Crippen molar-refractivity contribution in [2.45, 2.75) is 43.6 Å². The Morgan fingerprint density at radius 1 is 0.945 bits per heavy atom. The van der Waals surface area contributed by atoms with Gasteiger partial charge in [0.1, 0.15) is 0 Å². The van der Waals surface area contributed by atoms with Crippen LogP contribution < -0.4 is 4.72 Å². The number of hydrazine groups is 1. The molecule has 0 radical (unpaired) electrons. The number of hydrogen-bond acceptors (Lipinski definition) is 9. The molecule has 5 aromatic rings. The Hall–Kier alpha value is -6.56. The predicted octanol–water partition coefficient (Wildman–Crippen LogP) is 5.67. The summed E-state index contributed by atoms with van der Waals surface area (Å²) in [7, 11) is -3.46. The number of alkyl halides is 3. The molecular formula is C37H32F3N7O7S. The summed E-state index contributed by atoms with van der Waals surface area (Å²) < 4.78 is 71.0. The number of amides is 3. The lowest BCUT2D eigenvalue weighted by Crippen LogP contribution is -2.50. The summed E-state index contributed by atoms with van der Waals surface area (Å²) in [6.07, 6.45) is -6.27. The van der Waals surface area contributed by atoms with Gasteiger partial charge in [-0.25, -0.2) is 22.7 Å². The Bertz CT molecular complexity index is 2350. The molecule has 1 N–H and O–H groups in total. The molecule has 55 heavy (non-hydrogen) atoms. The van der Waals surface area contributed by atoms with Crippen molar-refractivity contribution in [3.05, 3.63) is 142 Å². The topological polar surface area (TPSA) is 169 Å². The number of aromatic nitrogens is 2. The number of carbonyl (C=O) groups excluding carboxylic acids is 3. The fourth-order valence-corrected chi connectivity index (χ4v) is 6.79. The van der Waals surface area contributed by atoms with Crippen LogP contribution in [0, 0.1) is 12.1 Å². The Kier molecular flexibility index (Phi) is 10.4. The van der Waals surface area contributed by atoms with E-state index in [0.717, 1.165) is 45.4 Å². The number of rotatable bonds is 12. The lowest BCUT2D eigenvalue weighted by atomic mass is 10.1. The van der Waals surface area contributed by atoms with Gasteiger partial charge in [0, 0.05) is 12.0 Å². The fourth-order valence-electron chi connectivity index (χ4n) is 5.77. The molecule has 1 aromatic heterocycles. The number of sulfonamides is 1. The van der Waals surface area contributed by atoms with Crippen LogP contribution in [0.2, 0.25) is 0 Å². The molecule has 0 fully saturated rings. The molecule has 1 aliphatic rings. The summed E-state index contributed by atoms with van der Waals surface area (Å²) in [6.45, 7) is 3.14. The van der Waals surface area contributed by atoms with Crippen LogP contribution in [0.25, 0.3) is 16.9 Å². The third-order valence-corrected chi connectivity index (χ3v) is 10.1. The van der Waals surface area contributed by atoms with Gasteiger partial charge in [-0.3, -0.25) is 14.4 Å². The molecule has 1 unspecified atom stereocenters. The first-order valence-electron chi connectivity index (χ1n) is 16.5. The van der Waals surface area contributed by atoms with E-state index in [-0.39, 0.29) is 33.9 Å². The second-order valence-electron chi connectivity index (χ2n) is 12.5. The number of likely N-dealkylation sites (N-methyl/N-ethyl adjacent to an activating group) is 1. The van der Waals surface area contributed by atoms with E-state index >= 15 is 0 Å². The highest BCUT2D eigenvalue weighted by Gasteiger charge is 2.40. The molecule has 0 bridgehead atoms. The Morgan fingerprint density at radius 2 is 1.53 bits per heavy atom. The van der Waals surface area contributed by atoms with Crippen LogP contribution in [-0.2, 0) is 32.3 Å². The number of fused-ring (bicyclic) bond motifs is 1. The minimum atomic E-state index is -4.75. The molecule has 3 amide bonds. The van der Waals surface area contributed by atoms with Gasteiger partial charge in [-0.05, 0) is 61.9 Å². The minimum Gasteiger partial charge on any atom is -0.569 e. The van der Waals surface area contributed by atoms with E-state index in [9.17, 15) is 41.2 Å². The molecule has 14 nitrogen and oxygen atoms in total. The van der Waals surface area contributed by atoms with Crippen molar-refractivity contribution in [3.8, 4) is 16.9 Å². The minimum absolute atomic E-state index is 0.108. The van der Waals surface area contributed by atoms with Crippen molar-refractivity contribution < 1.29 is 45.8 Å². The van der Waals surface area contributed by atoms with Crippen LogP contribution in [0.5, 0.6) is 0 Å². The van der Waals surface area contributed by atoms with Crippen molar-refractivity contribution in [2.24, 2.45) is 5.28 Å². The summed E-state index contributed by atoms with van der Waals surface area (Å²) in [5.41, 5.74) is 1.25. The number of imide groups is 1. The summed E-state index contributed by atoms with van der Waals surface area (Å²) >= 11 is 0. The molecule has 1 aliphatic heterocycles. The van der Waals surface area contributed by atoms with Gasteiger partial charge in [0.15, 0.2) is 11.7 Å². The van der Waals surface area contributed by atoms with Crippen LogP contribution in [0.4, 0.5) is 13.2 Å². The second kappa shape index (κ2) is 15.1. The number of hydrogen-bond donors (Lipinski definition) is 1. The zero-order valence-corrected chi connectivity index (χ0v) is 30.2. The SMILES string of the molecule is Cc1ccc(-c2cc(C(F)(F)F)nn2-c2ccc(S(=O)(=O)NC(=O)[C@H](Cc3ccccc3)N(C)/[N+]([O-])=N/OC(C)N3C(=O)c4ccccc4C3=O)cc2)cc1. The van der Waals surface area contributed by atoms with Crippen LogP contribution in [0.3, 0.4) is 0 Å². The van der Waals surface area contributed by atoms with Gasteiger partial charge in [-0.2, -0.15) is 18.3 Å². The normalized spacial score (nSPS) is 14.4. The molecule has 4 aromatic carbocycles. The summed E-state index contributed by atoms with van der Waals surface area (Å²) in [5.74, 6) is -2.45. The highest BCUT2D eigenvalue weighted by Crippen LogP contribution is 2.33. The zero-order chi connectivity index (χ0) is 39.7. The van der Waals surface area contributed by atoms with E-state index in [1.54, 1.807) is 66.7 Å². The monoisotopic (exact) mass is 775 g/mol. The maximum atomic E-state index is 13.7. The third kappa shape index (κ3) is 8.03. The predicted molar refractivity (Wildman–Crippen MR) is 189 cm³/mol. The van der Waals surface area contributed by atoms with Gasteiger partial charge < -0.3 is 10.0 Å². The molecule has 284 valence electrons. The Labute approximate surface area is 312 Å². The van der Waals surface area contributed by atoms with E-state index in [2.05, 4.69) is 10.4 Å². The van der Waals surface area contributed by atoms with E-state index in [4.69, 9.17) is 4.84 Å². The summed E-state index contributed by atoms with van der Waals surface area (Å²) in [4.78, 5) is 44.7. The second-order valence-corrected chi connectivity index (χ2v) is 14.2. The number of aryl methyl sites for hydroxylation is 1. The van der Waals surface area contributed by atoms with Gasteiger partial charge in [0.2, 0.25) is 11.5 Å². The number of nitrogens with zero attached hydrogens (tertiary/aromatic N) is 6. The van der Waals surface area contributed by atoms with Crippen molar-refractivity contribution in [1.82, 2.24) is 24.4 Å². The summed E-state index contributed by atoms with van der Waals surface area (Å²) in [6, 6.07) is 25.3. The number of nitrogens with one attached hydrogen (secondary N) is 1. The first-order chi connectivity index (χ1) is 26.0. The standard InChI is InChI=1S/C37H32F3N7O7S/c1-23-13-15-26(16-14-23)31-22-33(37(38,39)40)41-46(31)27-17-19-28(20-18-27)55(52,53)42-34(48)32(21-25-9-5-4-6-10-25)44(3)47(51)43-54-24(2)45-35(49)29-11-7-8-12-30(29)36(45)50/h4-20,22,24,32H,21H2,1-3H3,(H,42,48)/b47-43-/t24?,32-/m0/s1. The molecule has 0 saturated heterocycles. The quantitative estimate of drug-likeness (QED) is 0.0727. The first kappa shape index (κ1) is 38.2. The molecule has 18 heteroatoms. The van der Waals surface area contributed by atoms with Crippen molar-refractivity contribution in [1.29, 1.82) is 0 Å². The van der Waals surface area contributed by atoms with Crippen LogP contribution in [0.15, 0.2) is 119 Å². The largest absolute Gasteiger partial charge is 0.569 e. The van der Waals surface area contributed by atoms with E-state index in [0.29, 0.717) is 11.1 Å². The maximum absolute atomic E-state index is 13.7. The summed E-state index contributed by atoms with van der Waals surface area (Å²) in [5, 5.41) is 21.1. The van der Waals surface area contributed by atoms with Crippen molar-refractivity contribution in [2.75, 3.05) is 7.05 Å². The molecule has 0 saturated carbocycles. The molecule has 0 spiro atoms. The van der Waals surface area contributed by atoms with E-state index in [1.807, 2.05) is 11.6 Å². The lowest BCUT2D eigenvalue weighted by Gasteiger charge is -2.24. The van der Waals surface area contributed by atoms with Gasteiger partial charge in [0.25, 0.3) is 27.7 Å². The third-order valence-electron chi connectivity index (χ3n) is 8.73. The molecule has 2 heterocycles. The van der Waals surface area contributed by atoms with Crippen molar-refractivity contribution >= 4 is 27.7 Å². The van der Waals surface area contributed by atoms with Gasteiger partial charge in [-0.1, -0.05) is 72.3 Å². The highest BCUT2D eigenvalue weighted by molar-refractivity contribution is 7.90. The average Bonchev–Trinajstić information content (AvgIpc) is 3.73.